The van der Waals surface area contributed by atoms with Crippen LogP contribution in [-0.4, -0.2) is 39.8 Å². The van der Waals surface area contributed by atoms with Gasteiger partial charge in [0.2, 0.25) is 11.4 Å². The molecule has 0 aliphatic heterocycles. The van der Waals surface area contributed by atoms with E-state index in [0.29, 0.717) is 46.5 Å². The molecule has 0 unspecified atom stereocenters. The topological polar surface area (TPSA) is 156 Å². The van der Waals surface area contributed by atoms with Gasteiger partial charge in [-0.3, -0.25) is 4.79 Å². The molecule has 0 spiro atoms. The maximum Gasteiger partial charge on any atom is 0.341 e. The van der Waals surface area contributed by atoms with E-state index in [2.05, 4.69) is 9.97 Å². The minimum atomic E-state index is -1.33. The number of fused-ring (bicyclic) bond motifs is 1. The molecule has 0 atom stereocenters. The summed E-state index contributed by atoms with van der Waals surface area (Å²) in [4.78, 5) is 33.7. The molecule has 4 rings (SSSR count). The Hall–Kier alpha value is -4.60. The zero-order valence-corrected chi connectivity index (χ0v) is 19.5. The average Bonchev–Trinajstić information content (AvgIpc) is 2.84. The summed E-state index contributed by atoms with van der Waals surface area (Å²) >= 11 is 0. The van der Waals surface area contributed by atoms with Gasteiger partial charge in [-0.25, -0.2) is 9.78 Å². The highest BCUT2D eigenvalue weighted by molar-refractivity contribution is 6.00. The van der Waals surface area contributed by atoms with Gasteiger partial charge in [-0.15, -0.1) is 0 Å². The van der Waals surface area contributed by atoms with Crippen molar-refractivity contribution in [3.63, 3.8) is 0 Å². The number of aromatic carboxylic acids is 1. The van der Waals surface area contributed by atoms with Crippen LogP contribution >= 0.6 is 0 Å². The van der Waals surface area contributed by atoms with Crippen molar-refractivity contribution in [3.8, 4) is 22.8 Å². The molecule has 10 heteroatoms. The van der Waals surface area contributed by atoms with Gasteiger partial charge in [-0.2, -0.15) is 4.98 Å². The zero-order valence-electron chi connectivity index (χ0n) is 19.5. The van der Waals surface area contributed by atoms with Gasteiger partial charge < -0.3 is 30.6 Å². The van der Waals surface area contributed by atoms with Crippen LogP contribution in [0.5, 0.6) is 11.5 Å². The maximum atomic E-state index is 13.3. The molecule has 0 bridgehead atoms. The summed E-state index contributed by atoms with van der Waals surface area (Å²) in [5, 5.41) is 10.4. The second-order valence-electron chi connectivity index (χ2n) is 7.81. The third-order valence-corrected chi connectivity index (χ3v) is 5.81. The van der Waals surface area contributed by atoms with Gasteiger partial charge in [-0.1, -0.05) is 12.1 Å². The molecule has 2 aromatic heterocycles. The van der Waals surface area contributed by atoms with Crippen molar-refractivity contribution in [1.82, 2.24) is 14.5 Å². The molecule has 0 fully saturated rings. The van der Waals surface area contributed by atoms with Crippen LogP contribution in [0.4, 0.5) is 11.8 Å². The number of carboxylic acids is 1. The highest BCUT2D eigenvalue weighted by Crippen LogP contribution is 2.41. The van der Waals surface area contributed by atoms with E-state index in [1.54, 1.807) is 41.0 Å². The van der Waals surface area contributed by atoms with Crippen molar-refractivity contribution >= 4 is 28.6 Å². The van der Waals surface area contributed by atoms with Gasteiger partial charge in [-0.05, 0) is 36.8 Å². The summed E-state index contributed by atoms with van der Waals surface area (Å²) in [6.07, 6.45) is 1.85. The lowest BCUT2D eigenvalue weighted by molar-refractivity contribution is 0.0696. The van der Waals surface area contributed by atoms with Crippen LogP contribution in [0.3, 0.4) is 0 Å². The third-order valence-electron chi connectivity index (χ3n) is 5.81. The second kappa shape index (κ2) is 9.34. The highest BCUT2D eigenvalue weighted by Gasteiger charge is 2.27. The Balaban J connectivity index is 2.08. The smallest absolute Gasteiger partial charge is 0.341 e. The Morgan fingerprint density at radius 2 is 1.89 bits per heavy atom. The number of hydrogen-bond acceptors (Lipinski definition) is 8. The number of aryl methyl sites for hydroxylation is 1. The Morgan fingerprint density at radius 1 is 1.14 bits per heavy atom. The summed E-state index contributed by atoms with van der Waals surface area (Å²) in [7, 11) is 2.94. The van der Waals surface area contributed by atoms with Gasteiger partial charge in [0.1, 0.15) is 11.4 Å². The zero-order chi connectivity index (χ0) is 25.3. The number of methoxy groups -OCH3 is 2. The standard InChI is InChI=1S/C25H25N5O5/c1-4-30-17-8-6-5-7-15(17)21(31)19(24(32)33)20(30)16-10-13(11-18(34-2)22(16)35-3)9-14-12-28-25(27)29-23(14)26/h5-8,10-12H,4,9H2,1-3H3,(H,32,33)(H4,26,27,28,29). The lowest BCUT2D eigenvalue weighted by atomic mass is 9.96. The fourth-order valence-electron chi connectivity index (χ4n) is 4.30. The monoisotopic (exact) mass is 475 g/mol. The van der Waals surface area contributed by atoms with E-state index >= 15 is 0 Å². The molecule has 35 heavy (non-hydrogen) atoms. The number of nitrogens with zero attached hydrogens (tertiary/aromatic N) is 3. The molecule has 0 amide bonds. The summed E-state index contributed by atoms with van der Waals surface area (Å²) in [5.74, 6) is -0.364. The first-order valence-corrected chi connectivity index (χ1v) is 10.8. The number of nitrogens with two attached hydrogens (primary N) is 2. The lowest BCUT2D eigenvalue weighted by Crippen LogP contribution is -2.22. The molecule has 2 heterocycles. The molecule has 10 nitrogen and oxygen atoms in total. The van der Waals surface area contributed by atoms with Crippen LogP contribution in [-0.2, 0) is 13.0 Å². The van der Waals surface area contributed by atoms with Gasteiger partial charge in [0.15, 0.2) is 11.5 Å². The minimum absolute atomic E-state index is 0.0634. The number of hydrogen-bond donors (Lipinski definition) is 3. The summed E-state index contributed by atoms with van der Waals surface area (Å²) in [6.45, 7) is 2.29. The van der Waals surface area contributed by atoms with Crippen molar-refractivity contribution in [2.45, 2.75) is 19.9 Å². The number of rotatable bonds is 7. The minimum Gasteiger partial charge on any atom is -0.493 e. The highest BCUT2D eigenvalue weighted by atomic mass is 16.5. The first kappa shape index (κ1) is 23.6. The fraction of sp³-hybridized carbons (Fsp3) is 0.200. The number of benzene rings is 2. The average molecular weight is 476 g/mol. The summed E-state index contributed by atoms with van der Waals surface area (Å²) in [5.41, 5.74) is 13.3. The van der Waals surface area contributed by atoms with Crippen molar-refractivity contribution in [1.29, 1.82) is 0 Å². The number of nitrogen functional groups attached to an aromatic ring is 2. The largest absolute Gasteiger partial charge is 0.493 e. The molecule has 180 valence electrons. The predicted octanol–water partition coefficient (Wildman–Crippen LogP) is 2.95. The van der Waals surface area contributed by atoms with Gasteiger partial charge in [0.05, 0.1) is 25.4 Å². The van der Waals surface area contributed by atoms with E-state index in [-0.39, 0.29) is 23.0 Å². The van der Waals surface area contributed by atoms with Crippen molar-refractivity contribution in [3.05, 3.63) is 69.5 Å². The first-order chi connectivity index (χ1) is 16.8. The van der Waals surface area contributed by atoms with Crippen LogP contribution in [0.25, 0.3) is 22.2 Å². The van der Waals surface area contributed by atoms with Crippen LogP contribution in [0.2, 0.25) is 0 Å². The van der Waals surface area contributed by atoms with E-state index in [9.17, 15) is 14.7 Å². The summed E-state index contributed by atoms with van der Waals surface area (Å²) < 4.78 is 13.0. The molecule has 0 aliphatic rings. The Labute approximate surface area is 200 Å². The Morgan fingerprint density at radius 3 is 2.51 bits per heavy atom. The number of ether oxygens (including phenoxy) is 2. The lowest BCUT2D eigenvalue weighted by Gasteiger charge is -2.22. The molecular weight excluding hydrogens is 450 g/mol. The van der Waals surface area contributed by atoms with E-state index in [4.69, 9.17) is 20.9 Å². The SMILES string of the molecule is CCn1c(-c2cc(Cc3cnc(N)nc3N)cc(OC)c2OC)c(C(=O)O)c(=O)c2ccccc21. The molecule has 2 aromatic carbocycles. The number of pyridine rings is 1. The van der Waals surface area contributed by atoms with E-state index in [1.165, 1.54) is 20.4 Å². The molecule has 0 saturated heterocycles. The molecule has 0 saturated carbocycles. The Kier molecular flexibility index (Phi) is 6.28. The number of carbonyl (C=O) groups is 1. The van der Waals surface area contributed by atoms with Crippen molar-refractivity contribution < 1.29 is 19.4 Å². The Bertz CT molecular complexity index is 1510. The fourth-order valence-corrected chi connectivity index (χ4v) is 4.30. The number of anilines is 2. The quantitative estimate of drug-likeness (QED) is 0.366. The van der Waals surface area contributed by atoms with Crippen LogP contribution in [0.1, 0.15) is 28.4 Å². The van der Waals surface area contributed by atoms with Gasteiger partial charge >= 0.3 is 5.97 Å². The van der Waals surface area contributed by atoms with Crippen LogP contribution < -0.4 is 26.4 Å². The van der Waals surface area contributed by atoms with E-state index in [0.717, 1.165) is 5.56 Å². The van der Waals surface area contributed by atoms with Crippen LogP contribution in [0.15, 0.2) is 47.4 Å². The van der Waals surface area contributed by atoms with Gasteiger partial charge in [0.25, 0.3) is 0 Å². The van der Waals surface area contributed by atoms with Gasteiger partial charge in [0, 0.05) is 35.7 Å². The van der Waals surface area contributed by atoms with Crippen LogP contribution in [0, 0.1) is 0 Å². The van der Waals surface area contributed by atoms with Crippen molar-refractivity contribution in [2.24, 2.45) is 0 Å². The number of carboxylic acid groups (broad SMARTS) is 1. The number of aromatic nitrogens is 3. The molecular formula is C25H25N5O5. The summed E-state index contributed by atoms with van der Waals surface area (Å²) in [6, 6.07) is 10.4. The molecule has 0 aliphatic carbocycles. The molecule has 4 aromatic rings. The number of para-hydroxylation sites is 1. The molecule has 5 N–H and O–H groups in total. The molecule has 0 radical (unpaired) electrons. The first-order valence-electron chi connectivity index (χ1n) is 10.8. The van der Waals surface area contributed by atoms with E-state index < -0.39 is 11.4 Å². The third kappa shape index (κ3) is 4.10. The predicted molar refractivity (Wildman–Crippen MR) is 133 cm³/mol. The second-order valence-corrected chi connectivity index (χ2v) is 7.81. The normalized spacial score (nSPS) is 10.9. The van der Waals surface area contributed by atoms with E-state index in [1.807, 2.05) is 6.92 Å². The maximum absolute atomic E-state index is 13.3. The van der Waals surface area contributed by atoms with Crippen molar-refractivity contribution in [2.75, 3.05) is 25.7 Å².